The smallest absolute Gasteiger partial charge is 0.270 e. The lowest BCUT2D eigenvalue weighted by molar-refractivity contribution is -0.384. The van der Waals surface area contributed by atoms with Crippen molar-refractivity contribution in [3.63, 3.8) is 0 Å². The number of nitro groups is 1. The third kappa shape index (κ3) is 2.48. The van der Waals surface area contributed by atoms with Gasteiger partial charge in [-0.05, 0) is 13.8 Å². The fourth-order valence-corrected chi connectivity index (χ4v) is 2.56. The zero-order chi connectivity index (χ0) is 13.1. The Kier molecular flexibility index (Phi) is 3.57. The minimum absolute atomic E-state index is 0.0879. The first-order chi connectivity index (χ1) is 8.61. The molecule has 1 aromatic carbocycles. The van der Waals surface area contributed by atoms with Crippen LogP contribution >= 0.6 is 11.3 Å². The van der Waals surface area contributed by atoms with Crippen LogP contribution in [0.3, 0.4) is 0 Å². The summed E-state index contributed by atoms with van der Waals surface area (Å²) in [6, 6.07) is 6.55. The SMILES string of the molecule is CCNc1nc(-c2cccc([N+](=O)[O-])c2)c(C)s1. The molecule has 1 aromatic heterocycles. The van der Waals surface area contributed by atoms with E-state index in [1.807, 2.05) is 19.9 Å². The molecular formula is C12H13N3O2S. The summed E-state index contributed by atoms with van der Waals surface area (Å²) in [5.41, 5.74) is 1.67. The zero-order valence-corrected chi connectivity index (χ0v) is 11.0. The van der Waals surface area contributed by atoms with Crippen LogP contribution in [0.4, 0.5) is 10.8 Å². The van der Waals surface area contributed by atoms with Gasteiger partial charge in [0.1, 0.15) is 0 Å². The number of hydrogen-bond acceptors (Lipinski definition) is 5. The third-order valence-corrected chi connectivity index (χ3v) is 3.38. The summed E-state index contributed by atoms with van der Waals surface area (Å²) >= 11 is 1.56. The van der Waals surface area contributed by atoms with Crippen molar-refractivity contribution in [2.75, 3.05) is 11.9 Å². The maximum absolute atomic E-state index is 10.8. The van der Waals surface area contributed by atoms with Crippen molar-refractivity contribution in [3.8, 4) is 11.3 Å². The molecule has 2 aromatic rings. The number of rotatable bonds is 4. The molecule has 0 unspecified atom stereocenters. The molecule has 2 rings (SSSR count). The Morgan fingerprint density at radius 1 is 1.50 bits per heavy atom. The topological polar surface area (TPSA) is 68.1 Å². The van der Waals surface area contributed by atoms with Crippen LogP contribution in [-0.4, -0.2) is 16.5 Å². The summed E-state index contributed by atoms with van der Waals surface area (Å²) in [4.78, 5) is 15.9. The highest BCUT2D eigenvalue weighted by Crippen LogP contribution is 2.31. The van der Waals surface area contributed by atoms with Gasteiger partial charge in [0.2, 0.25) is 0 Å². The lowest BCUT2D eigenvalue weighted by Crippen LogP contribution is -1.95. The number of benzene rings is 1. The summed E-state index contributed by atoms with van der Waals surface area (Å²) in [5, 5.41) is 14.7. The van der Waals surface area contributed by atoms with Gasteiger partial charge in [0.25, 0.3) is 5.69 Å². The van der Waals surface area contributed by atoms with Gasteiger partial charge in [-0.15, -0.1) is 11.3 Å². The van der Waals surface area contributed by atoms with Gasteiger partial charge in [-0.25, -0.2) is 4.98 Å². The number of nitro benzene ring substituents is 1. The normalized spacial score (nSPS) is 10.3. The van der Waals surface area contributed by atoms with E-state index in [4.69, 9.17) is 0 Å². The van der Waals surface area contributed by atoms with Gasteiger partial charge in [-0.3, -0.25) is 10.1 Å². The Morgan fingerprint density at radius 3 is 2.94 bits per heavy atom. The molecule has 0 saturated heterocycles. The van der Waals surface area contributed by atoms with Gasteiger partial charge in [0, 0.05) is 29.1 Å². The van der Waals surface area contributed by atoms with Crippen LogP contribution in [0.15, 0.2) is 24.3 Å². The van der Waals surface area contributed by atoms with E-state index >= 15 is 0 Å². The summed E-state index contributed by atoms with van der Waals surface area (Å²) in [7, 11) is 0. The van der Waals surface area contributed by atoms with E-state index in [1.165, 1.54) is 6.07 Å². The molecular weight excluding hydrogens is 250 g/mol. The van der Waals surface area contributed by atoms with E-state index in [1.54, 1.807) is 23.5 Å². The molecule has 0 saturated carbocycles. The summed E-state index contributed by atoms with van der Waals surface area (Å²) in [6.45, 7) is 4.78. The molecule has 0 atom stereocenters. The van der Waals surface area contributed by atoms with E-state index in [-0.39, 0.29) is 5.69 Å². The molecule has 0 radical (unpaired) electrons. The number of hydrogen-bond donors (Lipinski definition) is 1. The van der Waals surface area contributed by atoms with E-state index in [9.17, 15) is 10.1 Å². The Morgan fingerprint density at radius 2 is 2.28 bits per heavy atom. The van der Waals surface area contributed by atoms with Crippen molar-refractivity contribution in [2.45, 2.75) is 13.8 Å². The van der Waals surface area contributed by atoms with E-state index in [0.717, 1.165) is 27.8 Å². The first-order valence-electron chi connectivity index (χ1n) is 5.58. The predicted octanol–water partition coefficient (Wildman–Crippen LogP) is 3.46. The highest BCUT2D eigenvalue weighted by atomic mass is 32.1. The fraction of sp³-hybridized carbons (Fsp3) is 0.250. The van der Waals surface area contributed by atoms with Crippen molar-refractivity contribution in [1.82, 2.24) is 4.98 Å². The molecule has 0 amide bonds. The van der Waals surface area contributed by atoms with E-state index in [2.05, 4.69) is 10.3 Å². The molecule has 0 fully saturated rings. The first-order valence-corrected chi connectivity index (χ1v) is 6.39. The minimum atomic E-state index is -0.392. The number of anilines is 1. The van der Waals surface area contributed by atoms with Crippen LogP contribution in [0.25, 0.3) is 11.3 Å². The predicted molar refractivity (Wildman–Crippen MR) is 73.1 cm³/mol. The first kappa shape index (κ1) is 12.5. The Balaban J connectivity index is 2.41. The quantitative estimate of drug-likeness (QED) is 0.677. The Bertz CT molecular complexity index is 580. The second-order valence-electron chi connectivity index (χ2n) is 3.76. The monoisotopic (exact) mass is 263 g/mol. The van der Waals surface area contributed by atoms with Crippen LogP contribution in [0.5, 0.6) is 0 Å². The summed E-state index contributed by atoms with van der Waals surface area (Å²) < 4.78 is 0. The molecule has 18 heavy (non-hydrogen) atoms. The van der Waals surface area contributed by atoms with Crippen molar-refractivity contribution in [3.05, 3.63) is 39.3 Å². The zero-order valence-electron chi connectivity index (χ0n) is 10.1. The molecule has 1 N–H and O–H groups in total. The molecule has 0 aliphatic rings. The van der Waals surface area contributed by atoms with E-state index in [0.29, 0.717) is 0 Å². The number of aromatic nitrogens is 1. The van der Waals surface area contributed by atoms with Crippen LogP contribution in [0.1, 0.15) is 11.8 Å². The lowest BCUT2D eigenvalue weighted by Gasteiger charge is -1.98. The largest absolute Gasteiger partial charge is 0.362 e. The minimum Gasteiger partial charge on any atom is -0.362 e. The number of nitrogens with one attached hydrogen (secondary N) is 1. The number of nitrogens with zero attached hydrogens (tertiary/aromatic N) is 2. The van der Waals surface area contributed by atoms with E-state index < -0.39 is 4.92 Å². The van der Waals surface area contributed by atoms with Crippen LogP contribution in [0, 0.1) is 17.0 Å². The van der Waals surface area contributed by atoms with Crippen LogP contribution in [0.2, 0.25) is 0 Å². The average Bonchev–Trinajstić information content (AvgIpc) is 2.71. The van der Waals surface area contributed by atoms with Crippen molar-refractivity contribution >= 4 is 22.2 Å². The molecule has 0 aliphatic heterocycles. The maximum Gasteiger partial charge on any atom is 0.270 e. The molecule has 6 heteroatoms. The Labute approximate surface area is 109 Å². The van der Waals surface area contributed by atoms with Gasteiger partial charge in [0.05, 0.1) is 10.6 Å². The molecule has 0 spiro atoms. The fourth-order valence-electron chi connectivity index (χ4n) is 1.66. The van der Waals surface area contributed by atoms with Crippen LogP contribution < -0.4 is 5.32 Å². The molecule has 0 bridgehead atoms. The standard InChI is InChI=1S/C12H13N3O2S/c1-3-13-12-14-11(8(2)18-12)9-5-4-6-10(7-9)15(16)17/h4-7H,3H2,1-2H3,(H,13,14). The highest BCUT2D eigenvalue weighted by Gasteiger charge is 2.12. The van der Waals surface area contributed by atoms with Crippen molar-refractivity contribution in [1.29, 1.82) is 0 Å². The number of thiazole rings is 1. The van der Waals surface area contributed by atoms with Gasteiger partial charge >= 0.3 is 0 Å². The molecule has 0 aliphatic carbocycles. The average molecular weight is 263 g/mol. The van der Waals surface area contributed by atoms with Gasteiger partial charge in [0.15, 0.2) is 5.13 Å². The van der Waals surface area contributed by atoms with Crippen LogP contribution in [-0.2, 0) is 0 Å². The summed E-state index contributed by atoms with van der Waals surface area (Å²) in [6.07, 6.45) is 0. The van der Waals surface area contributed by atoms with Gasteiger partial charge < -0.3 is 5.32 Å². The Hall–Kier alpha value is -1.95. The van der Waals surface area contributed by atoms with Crippen molar-refractivity contribution in [2.24, 2.45) is 0 Å². The van der Waals surface area contributed by atoms with Gasteiger partial charge in [-0.2, -0.15) is 0 Å². The molecule has 1 heterocycles. The van der Waals surface area contributed by atoms with Gasteiger partial charge in [-0.1, -0.05) is 12.1 Å². The number of non-ortho nitro benzene ring substituents is 1. The molecule has 94 valence electrons. The second-order valence-corrected chi connectivity index (χ2v) is 4.96. The lowest BCUT2D eigenvalue weighted by atomic mass is 10.1. The highest BCUT2D eigenvalue weighted by molar-refractivity contribution is 7.16. The summed E-state index contributed by atoms with van der Waals surface area (Å²) in [5.74, 6) is 0. The third-order valence-electron chi connectivity index (χ3n) is 2.46. The molecule has 5 nitrogen and oxygen atoms in total. The second kappa shape index (κ2) is 5.14. The number of aryl methyl sites for hydroxylation is 1. The maximum atomic E-state index is 10.8. The van der Waals surface area contributed by atoms with Crippen molar-refractivity contribution < 1.29 is 4.92 Å².